The molecule has 7 nitrogen and oxygen atoms in total. The fourth-order valence-electron chi connectivity index (χ4n) is 3.16. The molecule has 0 aliphatic carbocycles. The average Bonchev–Trinajstić information content (AvgIpc) is 3.27. The Hall–Kier alpha value is -2.54. The Morgan fingerprint density at radius 3 is 2.85 bits per heavy atom. The number of carbonyl (C=O) groups is 1. The maximum Gasteiger partial charge on any atom is 0.220 e. The number of benzene rings is 1. The van der Waals surface area contributed by atoms with Crippen LogP contribution < -0.4 is 21.1 Å². The lowest BCUT2D eigenvalue weighted by Gasteiger charge is -2.15. The molecule has 1 amide bonds. The van der Waals surface area contributed by atoms with Crippen molar-refractivity contribution in [1.82, 2.24) is 15.5 Å². The summed E-state index contributed by atoms with van der Waals surface area (Å²) >= 11 is 0. The van der Waals surface area contributed by atoms with Gasteiger partial charge in [0.15, 0.2) is 5.96 Å². The maximum atomic E-state index is 11.2. The molecule has 0 aromatic heterocycles. The number of carbonyl (C=O) groups excluding carboxylic acids is 1. The van der Waals surface area contributed by atoms with Crippen LogP contribution in [-0.2, 0) is 11.3 Å². The van der Waals surface area contributed by atoms with E-state index >= 15 is 0 Å². The SMILES string of the molecule is N=C(N)N1CC=C(CCNCc2ccc(OCC3CCC(=O)N3)cc2)C1. The Labute approximate surface area is 154 Å². The largest absolute Gasteiger partial charge is 0.491 e. The third kappa shape index (κ3) is 5.23. The minimum Gasteiger partial charge on any atom is -0.491 e. The maximum absolute atomic E-state index is 11.2. The number of nitrogens with one attached hydrogen (secondary N) is 3. The predicted octanol–water partition coefficient (Wildman–Crippen LogP) is 0.959. The van der Waals surface area contributed by atoms with E-state index in [4.69, 9.17) is 15.9 Å². The second-order valence-electron chi connectivity index (χ2n) is 6.81. The Morgan fingerprint density at radius 1 is 1.38 bits per heavy atom. The van der Waals surface area contributed by atoms with E-state index in [9.17, 15) is 4.79 Å². The van der Waals surface area contributed by atoms with Gasteiger partial charge in [0.25, 0.3) is 0 Å². The molecule has 0 saturated carbocycles. The van der Waals surface area contributed by atoms with Gasteiger partial charge in [-0.05, 0) is 37.1 Å². The molecule has 0 spiro atoms. The zero-order valence-electron chi connectivity index (χ0n) is 15.0. The Kier molecular flexibility index (Phi) is 6.12. The normalized spacial score (nSPS) is 19.4. The summed E-state index contributed by atoms with van der Waals surface area (Å²) in [5, 5.41) is 13.8. The van der Waals surface area contributed by atoms with Gasteiger partial charge < -0.3 is 26.0 Å². The van der Waals surface area contributed by atoms with Crippen LogP contribution in [0.5, 0.6) is 5.75 Å². The van der Waals surface area contributed by atoms with Crippen molar-refractivity contribution in [2.75, 3.05) is 26.2 Å². The third-order valence-electron chi connectivity index (χ3n) is 4.75. The van der Waals surface area contributed by atoms with E-state index in [1.165, 1.54) is 11.1 Å². The predicted molar refractivity (Wildman–Crippen MR) is 101 cm³/mol. The molecule has 7 heteroatoms. The summed E-state index contributed by atoms with van der Waals surface area (Å²) in [7, 11) is 0. The fourth-order valence-corrected chi connectivity index (χ4v) is 3.16. The van der Waals surface area contributed by atoms with Crippen molar-refractivity contribution in [1.29, 1.82) is 5.41 Å². The average molecular weight is 357 g/mol. The van der Waals surface area contributed by atoms with Crippen molar-refractivity contribution in [3.63, 3.8) is 0 Å². The second-order valence-corrected chi connectivity index (χ2v) is 6.81. The lowest BCUT2D eigenvalue weighted by Crippen LogP contribution is -2.34. The molecular formula is C19H27N5O2. The number of nitrogens with two attached hydrogens (primary N) is 1. The van der Waals surface area contributed by atoms with Crippen molar-refractivity contribution < 1.29 is 9.53 Å². The number of rotatable bonds is 8. The number of nitrogens with zero attached hydrogens (tertiary/aromatic N) is 1. The lowest BCUT2D eigenvalue weighted by molar-refractivity contribution is -0.119. The van der Waals surface area contributed by atoms with Gasteiger partial charge in [-0.25, -0.2) is 0 Å². The van der Waals surface area contributed by atoms with E-state index in [0.29, 0.717) is 13.0 Å². The molecule has 140 valence electrons. The van der Waals surface area contributed by atoms with E-state index in [2.05, 4.69) is 28.8 Å². The highest BCUT2D eigenvalue weighted by Crippen LogP contribution is 2.15. The van der Waals surface area contributed by atoms with Crippen molar-refractivity contribution in [2.24, 2.45) is 5.73 Å². The monoisotopic (exact) mass is 357 g/mol. The van der Waals surface area contributed by atoms with Crippen LogP contribution in [-0.4, -0.2) is 49.0 Å². The Balaban J connectivity index is 1.32. The van der Waals surface area contributed by atoms with E-state index in [1.54, 1.807) is 0 Å². The summed E-state index contributed by atoms with van der Waals surface area (Å²) in [4.78, 5) is 13.0. The topological polar surface area (TPSA) is 103 Å². The first-order chi connectivity index (χ1) is 12.6. The van der Waals surface area contributed by atoms with Gasteiger partial charge in [-0.3, -0.25) is 10.2 Å². The highest BCUT2D eigenvalue weighted by atomic mass is 16.5. The van der Waals surface area contributed by atoms with Gasteiger partial charge >= 0.3 is 0 Å². The lowest BCUT2D eigenvalue weighted by atomic mass is 10.2. The van der Waals surface area contributed by atoms with Gasteiger partial charge in [0.05, 0.1) is 6.04 Å². The zero-order valence-corrected chi connectivity index (χ0v) is 15.0. The summed E-state index contributed by atoms with van der Waals surface area (Å²) in [6.07, 6.45) is 4.57. The van der Waals surface area contributed by atoms with Gasteiger partial charge in [-0.1, -0.05) is 23.8 Å². The zero-order chi connectivity index (χ0) is 18.4. The molecule has 3 rings (SSSR count). The molecule has 0 bridgehead atoms. The minimum absolute atomic E-state index is 0.113. The van der Waals surface area contributed by atoms with Crippen LogP contribution in [0.15, 0.2) is 35.9 Å². The molecule has 1 atom stereocenters. The molecule has 1 unspecified atom stereocenters. The molecule has 2 aliphatic heterocycles. The number of hydrogen-bond acceptors (Lipinski definition) is 4. The Bertz CT molecular complexity index is 671. The summed E-state index contributed by atoms with van der Waals surface area (Å²) in [6, 6.07) is 8.19. The number of ether oxygens (including phenoxy) is 1. The van der Waals surface area contributed by atoms with Crippen LogP contribution in [0.1, 0.15) is 24.8 Å². The molecule has 0 radical (unpaired) electrons. The van der Waals surface area contributed by atoms with Gasteiger partial charge in [-0.15, -0.1) is 0 Å². The van der Waals surface area contributed by atoms with E-state index in [0.717, 1.165) is 44.8 Å². The van der Waals surface area contributed by atoms with Crippen LogP contribution in [0.2, 0.25) is 0 Å². The first-order valence-electron chi connectivity index (χ1n) is 9.09. The van der Waals surface area contributed by atoms with Crippen molar-refractivity contribution in [2.45, 2.75) is 31.8 Å². The number of guanidine groups is 1. The highest BCUT2D eigenvalue weighted by molar-refractivity contribution is 5.78. The first-order valence-corrected chi connectivity index (χ1v) is 9.09. The van der Waals surface area contributed by atoms with Gasteiger partial charge in [-0.2, -0.15) is 0 Å². The molecule has 1 aromatic carbocycles. The van der Waals surface area contributed by atoms with Gasteiger partial charge in [0.2, 0.25) is 5.91 Å². The summed E-state index contributed by atoms with van der Waals surface area (Å²) in [5.41, 5.74) is 8.03. The highest BCUT2D eigenvalue weighted by Gasteiger charge is 2.21. The summed E-state index contributed by atoms with van der Waals surface area (Å²) in [5.74, 6) is 1.08. The quantitative estimate of drug-likeness (QED) is 0.240. The van der Waals surface area contributed by atoms with Gasteiger partial charge in [0, 0.05) is 26.1 Å². The molecule has 26 heavy (non-hydrogen) atoms. The van der Waals surface area contributed by atoms with Crippen LogP contribution >= 0.6 is 0 Å². The first kappa shape index (κ1) is 18.3. The molecule has 5 N–H and O–H groups in total. The van der Waals surface area contributed by atoms with Crippen LogP contribution in [0, 0.1) is 5.41 Å². The molecule has 1 aromatic rings. The Morgan fingerprint density at radius 2 is 2.19 bits per heavy atom. The van der Waals surface area contributed by atoms with E-state index < -0.39 is 0 Å². The fraction of sp³-hybridized carbons (Fsp3) is 0.474. The smallest absolute Gasteiger partial charge is 0.220 e. The van der Waals surface area contributed by atoms with Crippen LogP contribution in [0.3, 0.4) is 0 Å². The van der Waals surface area contributed by atoms with Crippen molar-refractivity contribution >= 4 is 11.9 Å². The molecule has 2 aliphatic rings. The third-order valence-corrected chi connectivity index (χ3v) is 4.75. The summed E-state index contributed by atoms with van der Waals surface area (Å²) < 4.78 is 5.74. The second kappa shape index (κ2) is 8.71. The summed E-state index contributed by atoms with van der Waals surface area (Å²) in [6.45, 7) is 3.75. The number of amides is 1. The van der Waals surface area contributed by atoms with Gasteiger partial charge in [0.1, 0.15) is 12.4 Å². The molecule has 1 fully saturated rings. The minimum atomic E-state index is 0.113. The number of hydrogen-bond donors (Lipinski definition) is 4. The van der Waals surface area contributed by atoms with Crippen LogP contribution in [0.25, 0.3) is 0 Å². The van der Waals surface area contributed by atoms with Crippen molar-refractivity contribution in [3.8, 4) is 5.75 Å². The van der Waals surface area contributed by atoms with E-state index in [-0.39, 0.29) is 17.9 Å². The molecule has 1 saturated heterocycles. The van der Waals surface area contributed by atoms with Crippen LogP contribution in [0.4, 0.5) is 0 Å². The van der Waals surface area contributed by atoms with E-state index in [1.807, 2.05) is 17.0 Å². The van der Waals surface area contributed by atoms with Crippen molar-refractivity contribution in [3.05, 3.63) is 41.5 Å². The molecular weight excluding hydrogens is 330 g/mol. The molecule has 2 heterocycles. The standard InChI is InChI=1S/C19H27N5O2/c20-19(21)24-10-8-15(12-24)7-9-22-11-14-1-4-17(5-2-14)26-13-16-3-6-18(25)23-16/h1-2,4-5,8,16,22H,3,6-7,9-13H2,(H3,20,21)(H,23,25).